The second-order valence-corrected chi connectivity index (χ2v) is 7.99. The SMILES string of the molecule is Ic1ccc2c3ccccc3n3c4cccc(I)c4nc3c2c1. The van der Waals surface area contributed by atoms with Crippen molar-refractivity contribution in [2.75, 3.05) is 0 Å². The van der Waals surface area contributed by atoms with Crippen LogP contribution < -0.4 is 0 Å². The van der Waals surface area contributed by atoms with Gasteiger partial charge in [0.05, 0.1) is 11.0 Å². The Labute approximate surface area is 159 Å². The second kappa shape index (κ2) is 5.04. The van der Waals surface area contributed by atoms with Gasteiger partial charge in [-0.05, 0) is 80.9 Å². The molecule has 0 bridgehead atoms. The number of aromatic nitrogens is 2. The molecule has 2 heterocycles. The molecule has 0 amide bonds. The minimum atomic E-state index is 1.04. The van der Waals surface area contributed by atoms with E-state index in [1.54, 1.807) is 0 Å². The lowest BCUT2D eigenvalue weighted by Crippen LogP contribution is -1.91. The third kappa shape index (κ3) is 1.94. The van der Waals surface area contributed by atoms with Gasteiger partial charge in [-0.1, -0.05) is 30.3 Å². The van der Waals surface area contributed by atoms with E-state index in [0.717, 1.165) is 11.2 Å². The molecule has 0 N–H and O–H groups in total. The fraction of sp³-hybridized carbons (Fsp3) is 0. The van der Waals surface area contributed by atoms with Crippen LogP contribution in [0.2, 0.25) is 0 Å². The van der Waals surface area contributed by atoms with Crippen LogP contribution in [0.15, 0.2) is 60.7 Å². The first-order chi connectivity index (χ1) is 11.2. The quantitative estimate of drug-likeness (QED) is 0.181. The van der Waals surface area contributed by atoms with E-state index in [2.05, 4.69) is 110 Å². The number of nitrogens with zero attached hydrogens (tertiary/aromatic N) is 2. The van der Waals surface area contributed by atoms with Gasteiger partial charge in [0.1, 0.15) is 11.2 Å². The topological polar surface area (TPSA) is 17.3 Å². The fourth-order valence-electron chi connectivity index (χ4n) is 3.32. The highest BCUT2D eigenvalue weighted by Crippen LogP contribution is 2.33. The maximum atomic E-state index is 4.99. The smallest absolute Gasteiger partial charge is 0.146 e. The van der Waals surface area contributed by atoms with Crippen molar-refractivity contribution in [2.45, 2.75) is 0 Å². The zero-order valence-corrected chi connectivity index (χ0v) is 16.2. The zero-order chi connectivity index (χ0) is 15.6. The first kappa shape index (κ1) is 14.0. The van der Waals surface area contributed by atoms with Gasteiger partial charge in [0.25, 0.3) is 0 Å². The van der Waals surface area contributed by atoms with Crippen LogP contribution in [0.1, 0.15) is 0 Å². The molecule has 0 radical (unpaired) electrons. The summed E-state index contributed by atoms with van der Waals surface area (Å²) in [5.74, 6) is 0. The minimum absolute atomic E-state index is 1.04. The third-order valence-corrected chi connectivity index (χ3v) is 5.84. The van der Waals surface area contributed by atoms with E-state index < -0.39 is 0 Å². The van der Waals surface area contributed by atoms with Gasteiger partial charge < -0.3 is 0 Å². The van der Waals surface area contributed by atoms with Crippen LogP contribution in [-0.2, 0) is 0 Å². The monoisotopic (exact) mass is 520 g/mol. The Balaban J connectivity index is 2.22. The molecule has 4 heteroatoms. The van der Waals surface area contributed by atoms with Crippen molar-refractivity contribution in [3.05, 3.63) is 67.8 Å². The highest BCUT2D eigenvalue weighted by Gasteiger charge is 2.14. The molecule has 5 rings (SSSR count). The van der Waals surface area contributed by atoms with Crippen molar-refractivity contribution >= 4 is 83.5 Å². The number of rotatable bonds is 0. The Kier molecular flexibility index (Phi) is 3.06. The Bertz CT molecular complexity index is 1240. The molecule has 23 heavy (non-hydrogen) atoms. The first-order valence-electron chi connectivity index (χ1n) is 7.31. The van der Waals surface area contributed by atoms with Crippen LogP contribution in [0.3, 0.4) is 0 Å². The molecule has 0 fully saturated rings. The number of imidazole rings is 1. The largest absolute Gasteiger partial charge is 0.292 e. The normalized spacial score (nSPS) is 11.9. The molecule has 2 aromatic heterocycles. The maximum absolute atomic E-state index is 4.99. The Hall–Kier alpha value is -1.41. The van der Waals surface area contributed by atoms with E-state index in [-0.39, 0.29) is 0 Å². The summed E-state index contributed by atoms with van der Waals surface area (Å²) in [5.41, 5.74) is 4.49. The van der Waals surface area contributed by atoms with Gasteiger partial charge in [-0.25, -0.2) is 4.98 Å². The summed E-state index contributed by atoms with van der Waals surface area (Å²) in [5, 5.41) is 3.74. The van der Waals surface area contributed by atoms with E-state index in [0.29, 0.717) is 0 Å². The van der Waals surface area contributed by atoms with Crippen LogP contribution in [0, 0.1) is 7.14 Å². The van der Waals surface area contributed by atoms with Crippen LogP contribution in [0.25, 0.3) is 38.4 Å². The van der Waals surface area contributed by atoms with Crippen molar-refractivity contribution in [1.29, 1.82) is 0 Å². The average molecular weight is 520 g/mol. The summed E-state index contributed by atoms with van der Waals surface area (Å²) < 4.78 is 4.71. The third-order valence-electron chi connectivity index (χ3n) is 4.29. The molecule has 0 unspecified atom stereocenters. The highest BCUT2D eigenvalue weighted by atomic mass is 127. The van der Waals surface area contributed by atoms with E-state index in [4.69, 9.17) is 4.98 Å². The van der Waals surface area contributed by atoms with Gasteiger partial charge in [0, 0.05) is 17.9 Å². The Morgan fingerprint density at radius 3 is 2.48 bits per heavy atom. The zero-order valence-electron chi connectivity index (χ0n) is 11.9. The van der Waals surface area contributed by atoms with Crippen LogP contribution in [0.4, 0.5) is 0 Å². The van der Waals surface area contributed by atoms with E-state index in [1.165, 1.54) is 34.3 Å². The van der Waals surface area contributed by atoms with Gasteiger partial charge in [-0.2, -0.15) is 0 Å². The van der Waals surface area contributed by atoms with E-state index in [1.807, 2.05) is 0 Å². The molecule has 110 valence electrons. The molecule has 5 aromatic rings. The predicted molar refractivity (Wildman–Crippen MR) is 113 cm³/mol. The minimum Gasteiger partial charge on any atom is -0.292 e. The summed E-state index contributed by atoms with van der Waals surface area (Å²) in [6, 6.07) is 21.6. The second-order valence-electron chi connectivity index (χ2n) is 5.59. The first-order valence-corrected chi connectivity index (χ1v) is 9.46. The van der Waals surface area contributed by atoms with Gasteiger partial charge in [-0.3, -0.25) is 4.40 Å². The van der Waals surface area contributed by atoms with Gasteiger partial charge in [-0.15, -0.1) is 0 Å². The lowest BCUT2D eigenvalue weighted by molar-refractivity contribution is 1.31. The number of pyridine rings is 1. The molecule has 2 nitrogen and oxygen atoms in total. The number of fused-ring (bicyclic) bond motifs is 8. The van der Waals surface area contributed by atoms with Crippen LogP contribution >= 0.6 is 45.2 Å². The van der Waals surface area contributed by atoms with Crippen LogP contribution in [0.5, 0.6) is 0 Å². The lowest BCUT2D eigenvalue weighted by atomic mass is 10.1. The summed E-state index contributed by atoms with van der Waals surface area (Å²) in [6.45, 7) is 0. The Morgan fingerprint density at radius 2 is 1.57 bits per heavy atom. The van der Waals surface area contributed by atoms with Crippen molar-refractivity contribution in [1.82, 2.24) is 9.38 Å². The van der Waals surface area contributed by atoms with E-state index in [9.17, 15) is 0 Å². The van der Waals surface area contributed by atoms with Gasteiger partial charge in [0.2, 0.25) is 0 Å². The number of hydrogen-bond donors (Lipinski definition) is 0. The Morgan fingerprint density at radius 1 is 0.739 bits per heavy atom. The number of halogens is 2. The van der Waals surface area contributed by atoms with Crippen molar-refractivity contribution in [3.8, 4) is 0 Å². The van der Waals surface area contributed by atoms with Crippen molar-refractivity contribution in [2.24, 2.45) is 0 Å². The average Bonchev–Trinajstić information content (AvgIpc) is 2.96. The fourth-order valence-corrected chi connectivity index (χ4v) is 4.42. The summed E-state index contributed by atoms with van der Waals surface area (Å²) in [6.07, 6.45) is 0. The molecular weight excluding hydrogens is 510 g/mol. The number of para-hydroxylation sites is 2. The standard InChI is InChI=1S/C19H10I2N2/c20-11-8-9-12-13-4-1-2-6-16(13)23-17-7-3-5-15(21)18(17)22-19(23)14(12)10-11/h1-10H. The maximum Gasteiger partial charge on any atom is 0.146 e. The van der Waals surface area contributed by atoms with Gasteiger partial charge >= 0.3 is 0 Å². The molecular formula is C19H10I2N2. The van der Waals surface area contributed by atoms with Crippen molar-refractivity contribution < 1.29 is 0 Å². The summed E-state index contributed by atoms with van der Waals surface area (Å²) >= 11 is 4.74. The molecule has 0 aliphatic heterocycles. The summed E-state index contributed by atoms with van der Waals surface area (Å²) in [7, 11) is 0. The van der Waals surface area contributed by atoms with Gasteiger partial charge in [0.15, 0.2) is 0 Å². The summed E-state index contributed by atoms with van der Waals surface area (Å²) in [4.78, 5) is 4.99. The van der Waals surface area contributed by atoms with Crippen molar-refractivity contribution in [3.63, 3.8) is 0 Å². The predicted octanol–water partition coefficient (Wildman–Crippen LogP) is 6.00. The molecule has 0 spiro atoms. The molecule has 0 aliphatic carbocycles. The highest BCUT2D eigenvalue weighted by molar-refractivity contribution is 14.1. The molecule has 0 saturated carbocycles. The molecule has 3 aromatic carbocycles. The molecule has 0 atom stereocenters. The lowest BCUT2D eigenvalue weighted by Gasteiger charge is -2.09. The molecule has 0 aliphatic rings. The molecule has 0 saturated heterocycles. The number of benzene rings is 3. The van der Waals surface area contributed by atoms with E-state index >= 15 is 0 Å². The number of hydrogen-bond acceptors (Lipinski definition) is 1. The van der Waals surface area contributed by atoms with Crippen LogP contribution in [-0.4, -0.2) is 9.38 Å².